The third-order valence-electron chi connectivity index (χ3n) is 5.79. The molecule has 0 atom stereocenters. The first-order valence-electron chi connectivity index (χ1n) is 9.55. The topological polar surface area (TPSA) is 72.7 Å². The van der Waals surface area contributed by atoms with Crippen LogP contribution in [-0.2, 0) is 0 Å². The summed E-state index contributed by atoms with van der Waals surface area (Å²) in [6.45, 7) is 6.30. The molecule has 1 saturated carbocycles. The zero-order chi connectivity index (χ0) is 19.0. The van der Waals surface area contributed by atoms with E-state index in [1.54, 1.807) is 10.9 Å². The minimum Gasteiger partial charge on any atom is -0.345 e. The van der Waals surface area contributed by atoms with Crippen molar-refractivity contribution in [3.8, 4) is 5.69 Å². The van der Waals surface area contributed by atoms with Gasteiger partial charge in [-0.25, -0.2) is 4.68 Å². The summed E-state index contributed by atoms with van der Waals surface area (Å²) in [6.07, 6.45) is 7.88. The summed E-state index contributed by atoms with van der Waals surface area (Å²) in [6, 6.07) is 7.91. The zero-order valence-corrected chi connectivity index (χ0v) is 16.1. The number of nitrogens with zero attached hydrogens (tertiary/aromatic N) is 4. The Bertz CT molecular complexity index is 980. The Hall–Kier alpha value is -2.76. The van der Waals surface area contributed by atoms with E-state index in [4.69, 9.17) is 0 Å². The van der Waals surface area contributed by atoms with E-state index in [0.29, 0.717) is 5.69 Å². The first kappa shape index (κ1) is 17.6. The van der Waals surface area contributed by atoms with Gasteiger partial charge in [0.25, 0.3) is 5.91 Å². The van der Waals surface area contributed by atoms with Crippen molar-refractivity contribution in [1.82, 2.24) is 25.3 Å². The van der Waals surface area contributed by atoms with Crippen molar-refractivity contribution in [1.29, 1.82) is 0 Å². The van der Waals surface area contributed by atoms with Crippen molar-refractivity contribution in [2.45, 2.75) is 52.0 Å². The maximum Gasteiger partial charge on any atom is 0.274 e. The first-order chi connectivity index (χ1) is 13.0. The van der Waals surface area contributed by atoms with E-state index >= 15 is 0 Å². The predicted molar refractivity (Wildman–Crippen MR) is 105 cm³/mol. The molecule has 0 spiro atoms. The summed E-state index contributed by atoms with van der Waals surface area (Å²) in [5.41, 5.74) is 1.87. The number of pyridine rings is 1. The van der Waals surface area contributed by atoms with Crippen LogP contribution in [0.5, 0.6) is 0 Å². The van der Waals surface area contributed by atoms with Crippen LogP contribution in [0, 0.1) is 12.8 Å². The molecule has 1 amide bonds. The fourth-order valence-corrected chi connectivity index (χ4v) is 3.92. The molecule has 3 aromatic rings. The quantitative estimate of drug-likeness (QED) is 0.768. The molecule has 6 nitrogen and oxygen atoms in total. The van der Waals surface area contributed by atoms with E-state index in [-0.39, 0.29) is 11.4 Å². The Labute approximate surface area is 159 Å². The number of carbonyl (C=O) groups excluding carboxylic acids is 1. The van der Waals surface area contributed by atoms with E-state index in [9.17, 15) is 4.79 Å². The number of carbonyl (C=O) groups is 1. The molecule has 1 N–H and O–H groups in total. The molecule has 6 heteroatoms. The summed E-state index contributed by atoms with van der Waals surface area (Å²) < 4.78 is 1.74. The Morgan fingerprint density at radius 2 is 2.04 bits per heavy atom. The van der Waals surface area contributed by atoms with E-state index in [1.807, 2.05) is 37.4 Å². The molecule has 1 aliphatic rings. The largest absolute Gasteiger partial charge is 0.345 e. The number of rotatable bonds is 3. The number of hydrogen-bond acceptors (Lipinski definition) is 4. The lowest BCUT2D eigenvalue weighted by Crippen LogP contribution is -2.48. The van der Waals surface area contributed by atoms with Crippen molar-refractivity contribution in [2.75, 3.05) is 0 Å². The van der Waals surface area contributed by atoms with Gasteiger partial charge in [0.2, 0.25) is 0 Å². The molecule has 0 saturated heterocycles. The second kappa shape index (κ2) is 6.76. The molecule has 2 aromatic heterocycles. The fraction of sp³-hybridized carbons (Fsp3) is 0.429. The van der Waals surface area contributed by atoms with Gasteiger partial charge in [0.1, 0.15) is 0 Å². The summed E-state index contributed by atoms with van der Waals surface area (Å²) >= 11 is 0. The number of amides is 1. The van der Waals surface area contributed by atoms with Crippen LogP contribution < -0.4 is 5.32 Å². The molecule has 27 heavy (non-hydrogen) atoms. The third kappa shape index (κ3) is 3.31. The Morgan fingerprint density at radius 1 is 1.26 bits per heavy atom. The maximum absolute atomic E-state index is 12.9. The lowest BCUT2D eigenvalue weighted by molar-refractivity contribution is 0.0864. The van der Waals surface area contributed by atoms with Crippen molar-refractivity contribution in [3.63, 3.8) is 0 Å². The number of hydrogen-bond donors (Lipinski definition) is 1. The average Bonchev–Trinajstić information content (AvgIpc) is 3.05. The van der Waals surface area contributed by atoms with E-state index in [2.05, 4.69) is 34.5 Å². The van der Waals surface area contributed by atoms with Crippen LogP contribution in [0.3, 0.4) is 0 Å². The summed E-state index contributed by atoms with van der Waals surface area (Å²) in [4.78, 5) is 17.1. The maximum atomic E-state index is 12.9. The van der Waals surface area contributed by atoms with Crippen molar-refractivity contribution >= 4 is 16.7 Å². The SMILES string of the molecule is Cc1c(C(=O)NC2(C)CCC(C)CC2)nnn1-c1cccc2cnccc12. The highest BCUT2D eigenvalue weighted by Gasteiger charge is 2.32. The summed E-state index contributed by atoms with van der Waals surface area (Å²) in [5, 5.41) is 13.7. The standard InChI is InChI=1S/C21H25N5O/c1-14-7-10-21(3,11-8-14)23-20(27)19-15(2)26(25-24-19)18-6-4-5-16-13-22-12-9-17(16)18/h4-6,9,12-14H,7-8,10-11H2,1-3H3,(H,23,27). The fourth-order valence-electron chi connectivity index (χ4n) is 3.92. The molecule has 0 bridgehead atoms. The van der Waals surface area contributed by atoms with Gasteiger partial charge in [-0.2, -0.15) is 0 Å². The van der Waals surface area contributed by atoms with Gasteiger partial charge >= 0.3 is 0 Å². The van der Waals surface area contributed by atoms with Gasteiger partial charge < -0.3 is 5.32 Å². The van der Waals surface area contributed by atoms with Crippen LogP contribution in [-0.4, -0.2) is 31.4 Å². The second-order valence-corrected chi connectivity index (χ2v) is 8.01. The van der Waals surface area contributed by atoms with Gasteiger partial charge in [-0.1, -0.05) is 24.3 Å². The number of aromatic nitrogens is 4. The Morgan fingerprint density at radius 3 is 2.81 bits per heavy atom. The van der Waals surface area contributed by atoms with Crippen molar-refractivity contribution in [3.05, 3.63) is 48.0 Å². The highest BCUT2D eigenvalue weighted by atomic mass is 16.2. The molecular formula is C21H25N5O. The minimum absolute atomic E-state index is 0.141. The lowest BCUT2D eigenvalue weighted by atomic mass is 9.78. The predicted octanol–water partition coefficient (Wildman–Crippen LogP) is 3.82. The van der Waals surface area contributed by atoms with Gasteiger partial charge in [0.15, 0.2) is 5.69 Å². The third-order valence-corrected chi connectivity index (χ3v) is 5.79. The van der Waals surface area contributed by atoms with Crippen LogP contribution in [0.15, 0.2) is 36.7 Å². The van der Waals surface area contributed by atoms with Gasteiger partial charge in [-0.3, -0.25) is 9.78 Å². The molecule has 2 heterocycles. The Kier molecular flexibility index (Phi) is 4.42. The monoisotopic (exact) mass is 363 g/mol. The molecule has 1 aliphatic carbocycles. The normalized spacial score (nSPS) is 22.7. The molecule has 4 rings (SSSR count). The highest BCUT2D eigenvalue weighted by molar-refractivity contribution is 5.94. The van der Waals surface area contributed by atoms with Gasteiger partial charge in [0.05, 0.1) is 11.4 Å². The second-order valence-electron chi connectivity index (χ2n) is 8.01. The minimum atomic E-state index is -0.162. The summed E-state index contributed by atoms with van der Waals surface area (Å²) in [7, 11) is 0. The Balaban J connectivity index is 1.63. The number of fused-ring (bicyclic) bond motifs is 1. The van der Waals surface area contributed by atoms with Crippen LogP contribution in [0.2, 0.25) is 0 Å². The molecule has 0 aliphatic heterocycles. The first-order valence-corrected chi connectivity index (χ1v) is 9.55. The van der Waals surface area contributed by atoms with Gasteiger partial charge in [0, 0.05) is 28.7 Å². The van der Waals surface area contributed by atoms with Crippen LogP contribution >= 0.6 is 0 Å². The summed E-state index contributed by atoms with van der Waals surface area (Å²) in [5.74, 6) is 0.594. The van der Waals surface area contributed by atoms with Gasteiger partial charge in [-0.05, 0) is 57.6 Å². The van der Waals surface area contributed by atoms with E-state index < -0.39 is 0 Å². The van der Waals surface area contributed by atoms with Crippen LogP contribution in [0.1, 0.15) is 55.7 Å². The van der Waals surface area contributed by atoms with Gasteiger partial charge in [-0.15, -0.1) is 5.10 Å². The average molecular weight is 363 g/mol. The smallest absolute Gasteiger partial charge is 0.274 e. The molecule has 0 radical (unpaired) electrons. The van der Waals surface area contributed by atoms with Crippen molar-refractivity contribution < 1.29 is 4.79 Å². The molecule has 1 fully saturated rings. The highest BCUT2D eigenvalue weighted by Crippen LogP contribution is 2.32. The van der Waals surface area contributed by atoms with Crippen molar-refractivity contribution in [2.24, 2.45) is 5.92 Å². The van der Waals surface area contributed by atoms with E-state index in [1.165, 1.54) is 0 Å². The zero-order valence-electron chi connectivity index (χ0n) is 16.1. The van der Waals surface area contributed by atoms with E-state index in [0.717, 1.165) is 53.8 Å². The van der Waals surface area contributed by atoms with Crippen LogP contribution in [0.4, 0.5) is 0 Å². The molecule has 140 valence electrons. The molecule has 1 aromatic carbocycles. The number of nitrogens with one attached hydrogen (secondary N) is 1. The molecular weight excluding hydrogens is 338 g/mol. The van der Waals surface area contributed by atoms with Crippen LogP contribution in [0.25, 0.3) is 16.5 Å². The number of benzene rings is 1. The molecule has 0 unspecified atom stereocenters. The lowest BCUT2D eigenvalue weighted by Gasteiger charge is -2.36.